The summed E-state index contributed by atoms with van der Waals surface area (Å²) in [5.74, 6) is 0. The van der Waals surface area contributed by atoms with E-state index in [0.29, 0.717) is 0 Å². The number of unbranched alkanes of at least 4 members (excludes halogenated alkanes) is 13. The summed E-state index contributed by atoms with van der Waals surface area (Å²) in [6.07, 6.45) is 20.2. The first-order valence-corrected chi connectivity index (χ1v) is 12.1. The van der Waals surface area contributed by atoms with Crippen LogP contribution in [0.15, 0.2) is 0 Å². The van der Waals surface area contributed by atoms with Crippen LogP contribution < -0.4 is 12.4 Å². The molecule has 0 aliphatic heterocycles. The van der Waals surface area contributed by atoms with Crippen molar-refractivity contribution >= 4 is 0 Å². The van der Waals surface area contributed by atoms with Crippen molar-refractivity contribution in [3.8, 4) is 0 Å². The fraction of sp³-hybridized carbons (Fsp3) is 1.00. The first-order chi connectivity index (χ1) is 13.0. The third kappa shape index (κ3) is 22.5. The van der Waals surface area contributed by atoms with Crippen molar-refractivity contribution in [2.24, 2.45) is 0 Å². The molecule has 0 saturated heterocycles. The molecule has 0 aromatic rings. The molecule has 1 atom stereocenters. The third-order valence-electron chi connectivity index (χ3n) is 5.64. The molecule has 1 unspecified atom stereocenters. The van der Waals surface area contributed by atoms with Gasteiger partial charge in [-0.25, -0.2) is 0 Å². The highest BCUT2D eigenvalue weighted by Crippen LogP contribution is 2.14. The van der Waals surface area contributed by atoms with Gasteiger partial charge in [-0.15, -0.1) is 0 Å². The monoisotopic (exact) mass is 421 g/mol. The lowest BCUT2D eigenvalue weighted by Crippen LogP contribution is -3.00. The maximum Gasteiger partial charge on any atom is 0.105 e. The average Bonchev–Trinajstić information content (AvgIpc) is 2.61. The number of hydrogen-bond acceptors (Lipinski definition) is 2. The van der Waals surface area contributed by atoms with Crippen LogP contribution in [-0.4, -0.2) is 56.1 Å². The Morgan fingerprint density at radius 1 is 0.714 bits per heavy atom. The molecule has 0 spiro atoms. The average molecular weight is 422 g/mol. The van der Waals surface area contributed by atoms with E-state index < -0.39 is 0 Å². The summed E-state index contributed by atoms with van der Waals surface area (Å²) < 4.78 is 6.29. The summed E-state index contributed by atoms with van der Waals surface area (Å²) in [5, 5.41) is 10.3. The van der Waals surface area contributed by atoms with E-state index in [1.54, 1.807) is 0 Å². The van der Waals surface area contributed by atoms with Gasteiger partial charge in [-0.1, -0.05) is 96.8 Å². The van der Waals surface area contributed by atoms with Gasteiger partial charge in [0.15, 0.2) is 0 Å². The molecule has 0 saturated carbocycles. The molecule has 1 N–H and O–H groups in total. The minimum absolute atomic E-state index is 0. The highest BCUT2D eigenvalue weighted by atomic mass is 35.5. The number of ether oxygens (including phenoxy) is 1. The summed E-state index contributed by atoms with van der Waals surface area (Å²) in [4.78, 5) is 0. The number of quaternary nitrogens is 1. The van der Waals surface area contributed by atoms with Gasteiger partial charge in [-0.05, 0) is 13.3 Å². The quantitative estimate of drug-likeness (QED) is 0.227. The molecule has 0 aliphatic carbocycles. The maximum absolute atomic E-state index is 10.3. The summed E-state index contributed by atoms with van der Waals surface area (Å²) in [6.45, 7) is 7.70. The Kier molecular flexibility index (Phi) is 23.7. The van der Waals surface area contributed by atoms with Crippen LogP contribution in [0.2, 0.25) is 0 Å². The Hall–Kier alpha value is 0.170. The number of aliphatic hydroxyl groups is 1. The molecule has 172 valence electrons. The Bertz CT molecular complexity index is 300. The molecule has 0 radical (unpaired) electrons. The van der Waals surface area contributed by atoms with E-state index in [0.717, 1.165) is 37.2 Å². The number of aliphatic hydroxyl groups excluding tert-OH is 1. The lowest BCUT2D eigenvalue weighted by molar-refractivity contribution is -0.893. The van der Waals surface area contributed by atoms with Crippen LogP contribution in [-0.2, 0) is 4.74 Å². The van der Waals surface area contributed by atoms with Crippen molar-refractivity contribution in [1.82, 2.24) is 0 Å². The molecule has 0 aromatic heterocycles. The second-order valence-electron chi connectivity index (χ2n) is 9.08. The zero-order chi connectivity index (χ0) is 20.2. The SMILES string of the molecule is CCCCCCCCCCCCCCCCC(O)C[N+](C)(C)CCOCC.[Cl-]. The van der Waals surface area contributed by atoms with Crippen LogP contribution in [0.5, 0.6) is 0 Å². The Morgan fingerprint density at radius 3 is 1.57 bits per heavy atom. The molecule has 0 aliphatic rings. The van der Waals surface area contributed by atoms with Crippen molar-refractivity contribution in [3.05, 3.63) is 0 Å². The molecule has 0 bridgehead atoms. The van der Waals surface area contributed by atoms with Crippen LogP contribution in [0.3, 0.4) is 0 Å². The molecule has 4 heteroatoms. The Labute approximate surface area is 183 Å². The molecule has 0 fully saturated rings. The number of nitrogens with zero attached hydrogens (tertiary/aromatic N) is 1. The van der Waals surface area contributed by atoms with E-state index in [4.69, 9.17) is 4.74 Å². The third-order valence-corrected chi connectivity index (χ3v) is 5.64. The predicted octanol–water partition coefficient (Wildman–Crippen LogP) is 3.34. The highest BCUT2D eigenvalue weighted by molar-refractivity contribution is 4.56. The lowest BCUT2D eigenvalue weighted by Gasteiger charge is -2.31. The van der Waals surface area contributed by atoms with E-state index >= 15 is 0 Å². The topological polar surface area (TPSA) is 29.5 Å². The number of likely N-dealkylation sites (N-methyl/N-ethyl adjacent to an activating group) is 1. The summed E-state index contributed by atoms with van der Waals surface area (Å²) >= 11 is 0. The molecule has 0 aromatic carbocycles. The minimum Gasteiger partial charge on any atom is -1.00 e. The van der Waals surface area contributed by atoms with Gasteiger partial charge < -0.3 is 26.7 Å². The van der Waals surface area contributed by atoms with Gasteiger partial charge in [0.05, 0.1) is 20.7 Å². The normalized spacial score (nSPS) is 12.8. The first kappa shape index (κ1) is 30.4. The van der Waals surface area contributed by atoms with Crippen LogP contribution in [0.1, 0.15) is 110 Å². The minimum atomic E-state index is -0.168. The van der Waals surface area contributed by atoms with Gasteiger partial charge in [-0.2, -0.15) is 0 Å². The van der Waals surface area contributed by atoms with E-state index in [1.165, 1.54) is 89.9 Å². The molecular weight excluding hydrogens is 370 g/mol. The van der Waals surface area contributed by atoms with Gasteiger partial charge in [0.2, 0.25) is 0 Å². The van der Waals surface area contributed by atoms with Crippen LogP contribution >= 0.6 is 0 Å². The summed E-state index contributed by atoms with van der Waals surface area (Å²) in [6, 6.07) is 0. The molecule has 0 amide bonds. The van der Waals surface area contributed by atoms with E-state index in [2.05, 4.69) is 21.0 Å². The van der Waals surface area contributed by atoms with Crippen molar-refractivity contribution < 1.29 is 26.7 Å². The maximum atomic E-state index is 10.3. The molecule has 28 heavy (non-hydrogen) atoms. The molecule has 3 nitrogen and oxygen atoms in total. The molecule has 0 heterocycles. The number of halogens is 1. The van der Waals surface area contributed by atoms with Gasteiger partial charge in [0.1, 0.15) is 19.2 Å². The van der Waals surface area contributed by atoms with Crippen molar-refractivity contribution in [3.63, 3.8) is 0 Å². The van der Waals surface area contributed by atoms with Gasteiger partial charge in [0, 0.05) is 6.61 Å². The second kappa shape index (κ2) is 21.9. The summed E-state index contributed by atoms with van der Waals surface area (Å²) in [5.41, 5.74) is 0. The highest BCUT2D eigenvalue weighted by Gasteiger charge is 2.19. The van der Waals surface area contributed by atoms with Gasteiger partial charge >= 0.3 is 0 Å². The number of hydrogen-bond donors (Lipinski definition) is 1. The van der Waals surface area contributed by atoms with E-state index in [9.17, 15) is 5.11 Å². The smallest absolute Gasteiger partial charge is 0.105 e. The number of rotatable bonds is 21. The lowest BCUT2D eigenvalue weighted by atomic mass is 10.0. The molecule has 0 rings (SSSR count). The van der Waals surface area contributed by atoms with Crippen LogP contribution in [0.4, 0.5) is 0 Å². The largest absolute Gasteiger partial charge is 1.00 e. The summed E-state index contributed by atoms with van der Waals surface area (Å²) in [7, 11) is 4.38. The fourth-order valence-corrected chi connectivity index (χ4v) is 3.78. The fourth-order valence-electron chi connectivity index (χ4n) is 3.78. The molecular formula is C24H52ClNO2. The standard InChI is InChI=1S/C24H52NO2.ClH/c1-5-7-8-9-10-11-12-13-14-15-16-17-18-19-20-24(26)23-25(3,4)21-22-27-6-2;/h24,26H,5-23H2,1-4H3;1H/q+1;/p-1. The Balaban J connectivity index is 0. The van der Waals surface area contributed by atoms with Crippen molar-refractivity contribution in [1.29, 1.82) is 0 Å². The zero-order valence-electron chi connectivity index (χ0n) is 19.7. The Morgan fingerprint density at radius 2 is 1.14 bits per heavy atom. The zero-order valence-corrected chi connectivity index (χ0v) is 20.4. The van der Waals surface area contributed by atoms with Crippen molar-refractivity contribution in [2.75, 3.05) is 40.4 Å². The second-order valence-corrected chi connectivity index (χ2v) is 9.08. The van der Waals surface area contributed by atoms with Gasteiger partial charge in [-0.3, -0.25) is 0 Å². The van der Waals surface area contributed by atoms with Gasteiger partial charge in [0.25, 0.3) is 0 Å². The van der Waals surface area contributed by atoms with E-state index in [-0.39, 0.29) is 18.5 Å². The first-order valence-electron chi connectivity index (χ1n) is 12.1. The van der Waals surface area contributed by atoms with Crippen LogP contribution in [0.25, 0.3) is 0 Å². The van der Waals surface area contributed by atoms with Crippen LogP contribution in [0, 0.1) is 0 Å². The van der Waals surface area contributed by atoms with E-state index in [1.807, 2.05) is 6.92 Å². The predicted molar refractivity (Wildman–Crippen MR) is 119 cm³/mol. The van der Waals surface area contributed by atoms with Crippen molar-refractivity contribution in [2.45, 2.75) is 116 Å².